The molecule has 0 aliphatic carbocycles. The number of esters is 1. The van der Waals surface area contributed by atoms with Gasteiger partial charge in [0.05, 0.1) is 13.2 Å². The molecule has 0 aliphatic heterocycles. The monoisotopic (exact) mass is 343 g/mol. The average molecular weight is 343 g/mol. The van der Waals surface area contributed by atoms with Gasteiger partial charge in [-0.2, -0.15) is 0 Å². The van der Waals surface area contributed by atoms with E-state index in [1.54, 1.807) is 0 Å². The van der Waals surface area contributed by atoms with Gasteiger partial charge in [0.2, 0.25) is 0 Å². The minimum Gasteiger partial charge on any atom is -0.464 e. The first kappa shape index (κ1) is 19.1. The van der Waals surface area contributed by atoms with Gasteiger partial charge in [0, 0.05) is 19.6 Å². The lowest BCUT2D eigenvalue weighted by Gasteiger charge is -2.21. The van der Waals surface area contributed by atoms with Crippen LogP contribution in [0.5, 0.6) is 0 Å². The predicted octanol–water partition coefficient (Wildman–Crippen LogP) is 1.65. The van der Waals surface area contributed by atoms with E-state index in [1.165, 1.54) is 0 Å². The Kier molecular flexibility index (Phi) is 8.12. The van der Waals surface area contributed by atoms with Gasteiger partial charge in [-0.3, -0.25) is 9.69 Å². The van der Waals surface area contributed by atoms with Crippen LogP contribution in [0.3, 0.4) is 0 Å². The van der Waals surface area contributed by atoms with E-state index in [2.05, 4.69) is 0 Å². The summed E-state index contributed by atoms with van der Waals surface area (Å²) in [5, 5.41) is 18.1. The molecule has 0 saturated heterocycles. The minimum absolute atomic E-state index is 0.00457. The molecule has 0 bridgehead atoms. The molecular formula is C20H25NO4. The molecule has 0 amide bonds. The Morgan fingerprint density at radius 1 is 0.840 bits per heavy atom. The molecule has 2 aromatic rings. The Morgan fingerprint density at radius 2 is 1.32 bits per heavy atom. The number of aliphatic hydroxyl groups excluding tert-OH is 2. The van der Waals surface area contributed by atoms with Crippen LogP contribution < -0.4 is 0 Å². The summed E-state index contributed by atoms with van der Waals surface area (Å²) >= 11 is 0. The second-order valence-corrected chi connectivity index (χ2v) is 5.71. The molecule has 134 valence electrons. The second kappa shape index (κ2) is 10.6. The molecule has 5 nitrogen and oxygen atoms in total. The minimum atomic E-state index is -0.466. The van der Waals surface area contributed by atoms with Crippen molar-refractivity contribution < 1.29 is 19.7 Å². The van der Waals surface area contributed by atoms with Gasteiger partial charge in [-0.15, -0.1) is 0 Å². The maximum Gasteiger partial charge on any atom is 0.317 e. The van der Waals surface area contributed by atoms with Crippen molar-refractivity contribution in [3.63, 3.8) is 0 Å². The van der Waals surface area contributed by atoms with Crippen molar-refractivity contribution in [2.75, 3.05) is 39.5 Å². The van der Waals surface area contributed by atoms with E-state index in [9.17, 15) is 4.79 Å². The van der Waals surface area contributed by atoms with Gasteiger partial charge in [-0.1, -0.05) is 60.7 Å². The fourth-order valence-electron chi connectivity index (χ4n) is 2.73. The number of ether oxygens (including phenoxy) is 1. The summed E-state index contributed by atoms with van der Waals surface area (Å²) < 4.78 is 5.49. The van der Waals surface area contributed by atoms with Gasteiger partial charge in [-0.05, 0) is 11.1 Å². The van der Waals surface area contributed by atoms with Gasteiger partial charge in [0.15, 0.2) is 0 Å². The number of hydrogen-bond donors (Lipinski definition) is 2. The fraction of sp³-hybridized carbons (Fsp3) is 0.350. The summed E-state index contributed by atoms with van der Waals surface area (Å²) in [5.41, 5.74) is 1.78. The molecule has 0 aliphatic rings. The van der Waals surface area contributed by atoms with Crippen LogP contribution in [0.4, 0.5) is 0 Å². The molecule has 5 heteroatoms. The molecule has 0 spiro atoms. The van der Waals surface area contributed by atoms with Crippen molar-refractivity contribution in [3.8, 4) is 0 Å². The highest BCUT2D eigenvalue weighted by Crippen LogP contribution is 2.25. The maximum absolute atomic E-state index is 12.7. The summed E-state index contributed by atoms with van der Waals surface area (Å²) in [5.74, 6) is -0.767. The van der Waals surface area contributed by atoms with E-state index < -0.39 is 5.92 Å². The highest BCUT2D eigenvalue weighted by atomic mass is 16.5. The van der Waals surface area contributed by atoms with E-state index in [0.29, 0.717) is 19.6 Å². The van der Waals surface area contributed by atoms with Gasteiger partial charge in [0.25, 0.3) is 0 Å². The molecule has 0 unspecified atom stereocenters. The second-order valence-electron chi connectivity index (χ2n) is 5.71. The lowest BCUT2D eigenvalue weighted by atomic mass is 9.91. The van der Waals surface area contributed by atoms with Crippen molar-refractivity contribution >= 4 is 5.97 Å². The third-order valence-electron chi connectivity index (χ3n) is 3.99. The Hall–Kier alpha value is -2.21. The first-order valence-electron chi connectivity index (χ1n) is 8.47. The van der Waals surface area contributed by atoms with Gasteiger partial charge in [-0.25, -0.2) is 0 Å². The SMILES string of the molecule is O=C(OCCN(CCO)CCO)C(c1ccccc1)c1ccccc1. The predicted molar refractivity (Wildman–Crippen MR) is 96.3 cm³/mol. The number of carbonyl (C=O) groups excluding carboxylic acids is 1. The van der Waals surface area contributed by atoms with Crippen molar-refractivity contribution in [1.82, 2.24) is 4.90 Å². The largest absolute Gasteiger partial charge is 0.464 e. The van der Waals surface area contributed by atoms with Crippen LogP contribution in [0.25, 0.3) is 0 Å². The molecule has 2 aromatic carbocycles. The van der Waals surface area contributed by atoms with Crippen LogP contribution >= 0.6 is 0 Å². The highest BCUT2D eigenvalue weighted by Gasteiger charge is 2.24. The number of benzene rings is 2. The van der Waals surface area contributed by atoms with Crippen molar-refractivity contribution in [2.24, 2.45) is 0 Å². The van der Waals surface area contributed by atoms with E-state index in [4.69, 9.17) is 14.9 Å². The molecule has 0 heterocycles. The Balaban J connectivity index is 2.04. The van der Waals surface area contributed by atoms with Gasteiger partial charge in [0.1, 0.15) is 12.5 Å². The zero-order valence-corrected chi connectivity index (χ0v) is 14.3. The molecule has 0 radical (unpaired) electrons. The molecule has 0 saturated carbocycles. The average Bonchev–Trinajstić information content (AvgIpc) is 2.64. The van der Waals surface area contributed by atoms with E-state index in [0.717, 1.165) is 11.1 Å². The van der Waals surface area contributed by atoms with Crippen LogP contribution in [0.2, 0.25) is 0 Å². The van der Waals surface area contributed by atoms with Gasteiger partial charge < -0.3 is 14.9 Å². The van der Waals surface area contributed by atoms with Crippen LogP contribution in [-0.4, -0.2) is 60.5 Å². The quantitative estimate of drug-likeness (QED) is 0.642. The van der Waals surface area contributed by atoms with E-state index in [1.807, 2.05) is 65.6 Å². The van der Waals surface area contributed by atoms with E-state index in [-0.39, 0.29) is 25.8 Å². The van der Waals surface area contributed by atoms with Crippen molar-refractivity contribution in [3.05, 3.63) is 71.8 Å². The number of carbonyl (C=O) groups is 1. The molecule has 0 fully saturated rings. The lowest BCUT2D eigenvalue weighted by Crippen LogP contribution is -2.34. The Labute approximate surface area is 148 Å². The summed E-state index contributed by atoms with van der Waals surface area (Å²) in [6.07, 6.45) is 0. The number of nitrogens with zero attached hydrogens (tertiary/aromatic N) is 1. The smallest absolute Gasteiger partial charge is 0.317 e. The maximum atomic E-state index is 12.7. The van der Waals surface area contributed by atoms with Crippen molar-refractivity contribution in [1.29, 1.82) is 0 Å². The molecule has 2 rings (SSSR count). The zero-order valence-electron chi connectivity index (χ0n) is 14.3. The summed E-state index contributed by atoms with van der Waals surface area (Å²) in [7, 11) is 0. The Morgan fingerprint density at radius 3 is 1.76 bits per heavy atom. The summed E-state index contributed by atoms with van der Waals surface area (Å²) in [6.45, 7) is 1.59. The molecular weight excluding hydrogens is 318 g/mol. The highest BCUT2D eigenvalue weighted by molar-refractivity contribution is 5.82. The summed E-state index contributed by atoms with van der Waals surface area (Å²) in [4.78, 5) is 14.6. The number of rotatable bonds is 10. The molecule has 25 heavy (non-hydrogen) atoms. The van der Waals surface area contributed by atoms with Gasteiger partial charge >= 0.3 is 5.97 Å². The molecule has 2 N–H and O–H groups in total. The first-order chi connectivity index (χ1) is 12.3. The third-order valence-corrected chi connectivity index (χ3v) is 3.99. The first-order valence-corrected chi connectivity index (χ1v) is 8.47. The van der Waals surface area contributed by atoms with Crippen LogP contribution in [0.15, 0.2) is 60.7 Å². The van der Waals surface area contributed by atoms with Crippen molar-refractivity contribution in [2.45, 2.75) is 5.92 Å². The Bertz CT molecular complexity index is 573. The van der Waals surface area contributed by atoms with Crippen LogP contribution in [0.1, 0.15) is 17.0 Å². The zero-order chi connectivity index (χ0) is 17.9. The number of aliphatic hydroxyl groups is 2. The normalized spacial score (nSPS) is 11.0. The topological polar surface area (TPSA) is 70.0 Å². The standard InChI is InChI=1S/C20H25NO4/c22-14-11-21(12-15-23)13-16-25-20(24)19(17-7-3-1-4-8-17)18-9-5-2-6-10-18/h1-10,19,22-23H,11-16H2. The third kappa shape index (κ3) is 5.98. The van der Waals surface area contributed by atoms with E-state index >= 15 is 0 Å². The summed E-state index contributed by atoms with van der Waals surface area (Å²) in [6, 6.07) is 19.1. The number of hydrogen-bond acceptors (Lipinski definition) is 5. The fourth-order valence-corrected chi connectivity index (χ4v) is 2.73. The lowest BCUT2D eigenvalue weighted by molar-refractivity contribution is -0.144. The molecule has 0 atom stereocenters. The van der Waals surface area contributed by atoms with Crippen LogP contribution in [-0.2, 0) is 9.53 Å². The van der Waals surface area contributed by atoms with Crippen LogP contribution in [0, 0.1) is 0 Å². The molecule has 0 aromatic heterocycles.